The maximum Gasteiger partial charge on any atom is 0.271 e. The summed E-state index contributed by atoms with van der Waals surface area (Å²) in [7, 11) is 0. The van der Waals surface area contributed by atoms with Gasteiger partial charge in [0.1, 0.15) is 6.54 Å². The Kier molecular flexibility index (Phi) is 5.15. The number of nitrogens with one attached hydrogen (secondary N) is 4. The smallest absolute Gasteiger partial charge is 0.271 e. The Balaban J connectivity index is 1.45. The summed E-state index contributed by atoms with van der Waals surface area (Å²) in [6.07, 6.45) is 1.59. The molecule has 0 spiro atoms. The maximum atomic E-state index is 12.4. The maximum absolute atomic E-state index is 12.4. The molecule has 0 atom stereocenters. The predicted molar refractivity (Wildman–Crippen MR) is 112 cm³/mol. The summed E-state index contributed by atoms with van der Waals surface area (Å²) in [5.41, 5.74) is 6.84. The van der Waals surface area contributed by atoms with Gasteiger partial charge in [0.05, 0.1) is 5.56 Å². The summed E-state index contributed by atoms with van der Waals surface area (Å²) in [6.45, 7) is -0.124. The second-order valence-electron chi connectivity index (χ2n) is 6.20. The molecular weight excluding hydrogens is 412 g/mol. The lowest BCUT2D eigenvalue weighted by Gasteiger charge is -2.09. The van der Waals surface area contributed by atoms with E-state index in [2.05, 4.69) is 26.0 Å². The van der Waals surface area contributed by atoms with Crippen molar-refractivity contribution in [2.45, 2.75) is 6.54 Å². The van der Waals surface area contributed by atoms with Gasteiger partial charge in [0, 0.05) is 27.7 Å². The highest BCUT2D eigenvalue weighted by Gasteiger charge is 2.15. The molecule has 0 fully saturated rings. The molecule has 8 nitrogen and oxygen atoms in total. The Morgan fingerprint density at radius 1 is 1.10 bits per heavy atom. The number of rotatable bonds is 4. The molecule has 0 saturated heterocycles. The van der Waals surface area contributed by atoms with Crippen LogP contribution in [0.3, 0.4) is 0 Å². The second-order valence-corrected chi connectivity index (χ2v) is 7.02. The fourth-order valence-electron chi connectivity index (χ4n) is 2.92. The number of nitrogens with zero attached hydrogens (tertiary/aromatic N) is 2. The highest BCUT2D eigenvalue weighted by atomic mass is 35.5. The molecule has 0 unspecified atom stereocenters. The highest BCUT2D eigenvalue weighted by Crippen LogP contribution is 2.20. The van der Waals surface area contributed by atoms with Crippen LogP contribution in [0.5, 0.6) is 0 Å². The largest absolute Gasteiger partial charge is 0.360 e. The normalized spacial score (nSPS) is 10.8. The van der Waals surface area contributed by atoms with Crippen LogP contribution in [0.1, 0.15) is 10.4 Å². The second kappa shape index (κ2) is 7.90. The van der Waals surface area contributed by atoms with E-state index < -0.39 is 11.8 Å². The monoisotopic (exact) mass is 426 g/mol. The number of amides is 2. The third-order valence-electron chi connectivity index (χ3n) is 4.31. The summed E-state index contributed by atoms with van der Waals surface area (Å²) in [4.78, 5) is 27.8. The first-order chi connectivity index (χ1) is 14.0. The Bertz CT molecular complexity index is 1260. The van der Waals surface area contributed by atoms with Crippen LogP contribution in [0.2, 0.25) is 5.02 Å². The van der Waals surface area contributed by atoms with Gasteiger partial charge in [-0.25, -0.2) is 0 Å². The quantitative estimate of drug-likeness (QED) is 0.297. The number of hydrogen-bond donors (Lipinski definition) is 4. The lowest BCUT2D eigenvalue weighted by atomic mass is 10.2. The van der Waals surface area contributed by atoms with Gasteiger partial charge in [0.15, 0.2) is 10.6 Å². The molecule has 2 amide bonds. The summed E-state index contributed by atoms with van der Waals surface area (Å²) >= 11 is 11.1. The van der Waals surface area contributed by atoms with Gasteiger partial charge in [-0.15, -0.1) is 0 Å². The van der Waals surface area contributed by atoms with Crippen molar-refractivity contribution < 1.29 is 9.59 Å². The molecule has 146 valence electrons. The van der Waals surface area contributed by atoms with Crippen molar-refractivity contribution in [3.63, 3.8) is 0 Å². The van der Waals surface area contributed by atoms with Crippen LogP contribution in [0, 0.1) is 4.77 Å². The predicted octanol–water partition coefficient (Wildman–Crippen LogP) is 3.20. The van der Waals surface area contributed by atoms with Gasteiger partial charge in [-0.2, -0.15) is 5.10 Å². The van der Waals surface area contributed by atoms with Crippen molar-refractivity contribution in [3.8, 4) is 11.4 Å². The molecule has 2 aromatic carbocycles. The van der Waals surface area contributed by atoms with Gasteiger partial charge in [0.2, 0.25) is 0 Å². The zero-order valence-corrected chi connectivity index (χ0v) is 16.5. The van der Waals surface area contributed by atoms with Gasteiger partial charge in [-0.1, -0.05) is 29.8 Å². The molecule has 0 aliphatic heterocycles. The van der Waals surface area contributed by atoms with Gasteiger partial charge in [0.25, 0.3) is 11.8 Å². The summed E-state index contributed by atoms with van der Waals surface area (Å²) in [5, 5.41) is 8.20. The van der Waals surface area contributed by atoms with E-state index in [-0.39, 0.29) is 11.3 Å². The van der Waals surface area contributed by atoms with E-state index in [0.717, 1.165) is 16.5 Å². The molecule has 29 heavy (non-hydrogen) atoms. The number of halogens is 1. The van der Waals surface area contributed by atoms with Crippen molar-refractivity contribution in [1.82, 2.24) is 30.6 Å². The van der Waals surface area contributed by atoms with E-state index in [1.54, 1.807) is 30.5 Å². The average molecular weight is 427 g/mol. The number of aromatic nitrogens is 4. The molecule has 0 saturated carbocycles. The first-order valence-corrected chi connectivity index (χ1v) is 9.38. The van der Waals surface area contributed by atoms with Crippen LogP contribution < -0.4 is 10.9 Å². The molecule has 4 rings (SSSR count). The van der Waals surface area contributed by atoms with E-state index >= 15 is 0 Å². The molecule has 4 N–H and O–H groups in total. The SMILES string of the molecule is O=C(Cn1c(-c2ccc(Cl)cc2)n[nH]c1=S)NNC(=O)c1c[nH]c2ccccc12. The van der Waals surface area contributed by atoms with Gasteiger partial charge >= 0.3 is 0 Å². The van der Waals surface area contributed by atoms with E-state index in [0.29, 0.717) is 16.4 Å². The zero-order chi connectivity index (χ0) is 20.4. The highest BCUT2D eigenvalue weighted by molar-refractivity contribution is 7.71. The molecule has 0 radical (unpaired) electrons. The zero-order valence-electron chi connectivity index (χ0n) is 14.9. The van der Waals surface area contributed by atoms with Crippen molar-refractivity contribution in [3.05, 3.63) is 70.1 Å². The molecule has 2 heterocycles. The molecule has 4 aromatic rings. The third kappa shape index (κ3) is 3.91. The number of fused-ring (bicyclic) bond motifs is 1. The van der Waals surface area contributed by atoms with Crippen molar-refractivity contribution >= 4 is 46.5 Å². The van der Waals surface area contributed by atoms with Crippen LogP contribution >= 0.6 is 23.8 Å². The summed E-state index contributed by atoms with van der Waals surface area (Å²) < 4.78 is 1.82. The molecule has 10 heteroatoms. The number of carbonyl (C=O) groups is 2. The lowest BCUT2D eigenvalue weighted by molar-refractivity contribution is -0.122. The van der Waals surface area contributed by atoms with Crippen LogP contribution in [0.15, 0.2) is 54.7 Å². The van der Waals surface area contributed by atoms with Crippen molar-refractivity contribution in [2.75, 3.05) is 0 Å². The average Bonchev–Trinajstić information content (AvgIpc) is 3.31. The first kappa shape index (κ1) is 18.9. The fraction of sp³-hybridized carbons (Fsp3) is 0.0526. The summed E-state index contributed by atoms with van der Waals surface area (Å²) in [5.74, 6) is -0.389. The van der Waals surface area contributed by atoms with Crippen molar-refractivity contribution in [1.29, 1.82) is 0 Å². The Hall–Kier alpha value is -3.43. The van der Waals surface area contributed by atoms with Crippen LogP contribution in [0.4, 0.5) is 0 Å². The minimum absolute atomic E-state index is 0.124. The third-order valence-corrected chi connectivity index (χ3v) is 4.88. The molecule has 0 aliphatic carbocycles. The van der Waals surface area contributed by atoms with Gasteiger partial charge < -0.3 is 4.98 Å². The van der Waals surface area contributed by atoms with Gasteiger partial charge in [-0.05, 0) is 42.5 Å². The molecule has 0 aliphatic rings. The number of aromatic amines is 2. The van der Waals surface area contributed by atoms with Crippen LogP contribution in [-0.2, 0) is 11.3 Å². The van der Waals surface area contributed by atoms with Crippen LogP contribution in [0.25, 0.3) is 22.3 Å². The van der Waals surface area contributed by atoms with E-state index in [1.165, 1.54) is 4.57 Å². The van der Waals surface area contributed by atoms with E-state index in [1.807, 2.05) is 24.3 Å². The number of para-hydroxylation sites is 1. The van der Waals surface area contributed by atoms with Crippen molar-refractivity contribution in [2.24, 2.45) is 0 Å². The topological polar surface area (TPSA) is 108 Å². The Morgan fingerprint density at radius 2 is 1.86 bits per heavy atom. The lowest BCUT2D eigenvalue weighted by Crippen LogP contribution is -2.43. The van der Waals surface area contributed by atoms with Gasteiger partial charge in [-0.3, -0.25) is 30.1 Å². The Morgan fingerprint density at radius 3 is 2.66 bits per heavy atom. The van der Waals surface area contributed by atoms with E-state index in [4.69, 9.17) is 23.8 Å². The molecular formula is C19H15ClN6O2S. The molecule has 2 aromatic heterocycles. The number of carbonyl (C=O) groups excluding carboxylic acids is 2. The minimum atomic E-state index is -0.453. The Labute approximate surface area is 174 Å². The summed E-state index contributed by atoms with van der Waals surface area (Å²) in [6, 6.07) is 14.4. The fourth-order valence-corrected chi connectivity index (χ4v) is 3.24. The van der Waals surface area contributed by atoms with E-state index in [9.17, 15) is 9.59 Å². The number of hydrogen-bond acceptors (Lipinski definition) is 4. The minimum Gasteiger partial charge on any atom is -0.360 e. The number of H-pyrrole nitrogens is 2. The first-order valence-electron chi connectivity index (χ1n) is 8.59. The number of benzene rings is 2. The van der Waals surface area contributed by atoms with Crippen LogP contribution in [-0.4, -0.2) is 31.6 Å². The standard InChI is InChI=1S/C19H15ClN6O2S/c20-12-7-5-11(6-8-12)17-23-25-19(29)26(17)10-16(27)22-24-18(28)14-9-21-15-4-2-1-3-13(14)15/h1-9,21H,10H2,(H,22,27)(H,24,28)(H,25,29). The number of hydrazine groups is 1. The molecule has 0 bridgehead atoms.